The number of hydrogen-bond acceptors (Lipinski definition) is 4. The molecule has 5 rings (SSSR count). The minimum Gasteiger partial charge on any atom is -0.393 e. The minimum atomic E-state index is -3.83. The van der Waals surface area contributed by atoms with Gasteiger partial charge < -0.3 is 5.11 Å². The molecule has 3 unspecified atom stereocenters. The summed E-state index contributed by atoms with van der Waals surface area (Å²) in [6, 6.07) is 4.18. The van der Waals surface area contributed by atoms with Gasteiger partial charge in [-0.1, -0.05) is 79.2 Å². The molecule has 0 bridgehead atoms. The first-order valence-corrected chi connectivity index (χ1v) is 17.3. The Kier molecular flexibility index (Phi) is 7.87. The van der Waals surface area contributed by atoms with Crippen LogP contribution in [0.4, 0.5) is 0 Å². The van der Waals surface area contributed by atoms with Gasteiger partial charge in [0.2, 0.25) is 0 Å². The number of nitrogens with zero attached hydrogens (tertiary/aromatic N) is 1. The minimum absolute atomic E-state index is 0.0666. The Hall–Kier alpha value is -1.66. The van der Waals surface area contributed by atoms with Gasteiger partial charge in [0.1, 0.15) is 0 Å². The van der Waals surface area contributed by atoms with Crippen LogP contribution in [0.3, 0.4) is 0 Å². The molecule has 2 N–H and O–H groups in total. The second-order valence-corrected chi connectivity index (χ2v) is 16.4. The van der Waals surface area contributed by atoms with E-state index in [0.717, 1.165) is 68.2 Å². The van der Waals surface area contributed by atoms with E-state index in [4.69, 9.17) is 5.10 Å². The van der Waals surface area contributed by atoms with Crippen molar-refractivity contribution in [1.82, 2.24) is 4.83 Å². The highest BCUT2D eigenvalue weighted by atomic mass is 32.2. The van der Waals surface area contributed by atoms with Crippen LogP contribution in [0.5, 0.6) is 0 Å². The fourth-order valence-electron chi connectivity index (χ4n) is 8.97. The van der Waals surface area contributed by atoms with Crippen LogP contribution in [-0.2, 0) is 10.0 Å². The molecule has 4 aliphatic rings. The topological polar surface area (TPSA) is 78.8 Å². The number of hydrogen-bond donors (Lipinski definition) is 2. The molecule has 1 aromatic carbocycles. The van der Waals surface area contributed by atoms with E-state index in [0.29, 0.717) is 28.6 Å². The molecule has 1 aromatic rings. The molecule has 6 atom stereocenters. The summed E-state index contributed by atoms with van der Waals surface area (Å²) in [6.45, 7) is 17.4. The first-order chi connectivity index (χ1) is 18.7. The van der Waals surface area contributed by atoms with Crippen molar-refractivity contribution in [3.05, 3.63) is 40.5 Å². The summed E-state index contributed by atoms with van der Waals surface area (Å²) < 4.78 is 28.0. The van der Waals surface area contributed by atoms with E-state index in [1.54, 1.807) is 0 Å². The maximum atomic E-state index is 14.0. The highest BCUT2D eigenvalue weighted by molar-refractivity contribution is 7.89. The van der Waals surface area contributed by atoms with Crippen molar-refractivity contribution < 1.29 is 13.5 Å². The van der Waals surface area contributed by atoms with Crippen molar-refractivity contribution in [2.24, 2.45) is 33.7 Å². The van der Waals surface area contributed by atoms with Crippen molar-refractivity contribution in [2.75, 3.05) is 0 Å². The van der Waals surface area contributed by atoms with Crippen molar-refractivity contribution in [3.8, 4) is 0 Å². The summed E-state index contributed by atoms with van der Waals surface area (Å²) in [5.41, 5.74) is 5.61. The summed E-state index contributed by atoms with van der Waals surface area (Å²) in [5, 5.41) is 15.1. The van der Waals surface area contributed by atoms with Crippen LogP contribution in [0, 0.1) is 28.6 Å². The molecular weight excluding hydrogens is 516 g/mol. The van der Waals surface area contributed by atoms with E-state index in [1.807, 2.05) is 0 Å². The molecule has 5 nitrogen and oxygen atoms in total. The zero-order valence-corrected chi connectivity index (χ0v) is 26.9. The van der Waals surface area contributed by atoms with Gasteiger partial charge >= 0.3 is 0 Å². The van der Waals surface area contributed by atoms with Gasteiger partial charge in [-0.2, -0.15) is 13.5 Å². The number of fused-ring (bicyclic) bond motifs is 5. The van der Waals surface area contributed by atoms with Gasteiger partial charge in [0.05, 0.1) is 11.0 Å². The predicted octanol–water partition coefficient (Wildman–Crippen LogP) is 8.01. The monoisotopic (exact) mass is 568 g/mol. The number of nitrogens with one attached hydrogen (secondary N) is 1. The number of aliphatic hydroxyl groups excluding tert-OH is 1. The second kappa shape index (κ2) is 10.6. The lowest BCUT2D eigenvalue weighted by molar-refractivity contribution is -0.0209. The molecule has 0 amide bonds. The first-order valence-electron chi connectivity index (χ1n) is 15.8. The Morgan fingerprint density at radius 3 is 2.10 bits per heavy atom. The molecule has 0 aromatic heterocycles. The van der Waals surface area contributed by atoms with Crippen molar-refractivity contribution >= 4 is 15.7 Å². The third kappa shape index (κ3) is 4.89. The largest absolute Gasteiger partial charge is 0.393 e. The van der Waals surface area contributed by atoms with E-state index in [2.05, 4.69) is 78.4 Å². The lowest BCUT2D eigenvalue weighted by Crippen LogP contribution is -2.50. The van der Waals surface area contributed by atoms with Crippen LogP contribution in [0.1, 0.15) is 141 Å². The quantitative estimate of drug-likeness (QED) is 0.269. The third-order valence-corrected chi connectivity index (χ3v) is 12.8. The highest BCUT2D eigenvalue weighted by Gasteiger charge is 2.58. The lowest BCUT2D eigenvalue weighted by atomic mass is 9.48. The van der Waals surface area contributed by atoms with Gasteiger partial charge in [0.25, 0.3) is 10.0 Å². The van der Waals surface area contributed by atoms with Crippen LogP contribution < -0.4 is 4.83 Å². The molecule has 40 heavy (non-hydrogen) atoms. The lowest BCUT2D eigenvalue weighted by Gasteiger charge is -2.57. The normalized spacial score (nSPS) is 35.1. The molecule has 4 aliphatic carbocycles. The molecule has 0 heterocycles. The van der Waals surface area contributed by atoms with Crippen molar-refractivity contribution in [1.29, 1.82) is 0 Å². The number of rotatable bonds is 6. The van der Waals surface area contributed by atoms with Crippen LogP contribution in [0.25, 0.3) is 0 Å². The van der Waals surface area contributed by atoms with Crippen molar-refractivity contribution in [3.63, 3.8) is 0 Å². The number of aliphatic hydroxyl groups is 1. The van der Waals surface area contributed by atoms with Gasteiger partial charge in [0, 0.05) is 11.1 Å². The summed E-state index contributed by atoms with van der Waals surface area (Å²) >= 11 is 0. The first kappa shape index (κ1) is 29.8. The average molecular weight is 569 g/mol. The Bertz CT molecular complexity index is 1280. The van der Waals surface area contributed by atoms with Crippen molar-refractivity contribution in [2.45, 2.75) is 136 Å². The van der Waals surface area contributed by atoms with E-state index >= 15 is 0 Å². The number of hydrazone groups is 1. The van der Waals surface area contributed by atoms with Gasteiger partial charge in [0.15, 0.2) is 0 Å². The molecular formula is C34H52N2O3S. The van der Waals surface area contributed by atoms with Crippen LogP contribution >= 0.6 is 0 Å². The van der Waals surface area contributed by atoms with E-state index < -0.39 is 10.0 Å². The van der Waals surface area contributed by atoms with Gasteiger partial charge in [-0.05, 0) is 109 Å². The Morgan fingerprint density at radius 2 is 1.50 bits per heavy atom. The third-order valence-electron chi connectivity index (χ3n) is 11.5. The van der Waals surface area contributed by atoms with Gasteiger partial charge in [-0.15, -0.1) is 0 Å². The Labute approximate surface area is 243 Å². The predicted molar refractivity (Wildman–Crippen MR) is 164 cm³/mol. The zero-order valence-electron chi connectivity index (χ0n) is 26.0. The molecule has 3 saturated carbocycles. The summed E-state index contributed by atoms with van der Waals surface area (Å²) in [7, 11) is -3.83. The smallest absolute Gasteiger partial charge is 0.277 e. The van der Waals surface area contributed by atoms with E-state index in [9.17, 15) is 13.5 Å². The van der Waals surface area contributed by atoms with E-state index in [1.165, 1.54) is 11.1 Å². The maximum Gasteiger partial charge on any atom is 0.277 e. The molecule has 0 saturated heterocycles. The van der Waals surface area contributed by atoms with Gasteiger partial charge in [-0.3, -0.25) is 0 Å². The number of allylic oxidation sites excluding steroid dienone is 1. The summed E-state index contributed by atoms with van der Waals surface area (Å²) in [6.07, 6.45) is 10.3. The van der Waals surface area contributed by atoms with Gasteiger partial charge in [-0.25, -0.2) is 4.83 Å². The maximum absolute atomic E-state index is 14.0. The second-order valence-electron chi connectivity index (χ2n) is 14.8. The zero-order chi connectivity index (χ0) is 29.2. The average Bonchev–Trinajstić information content (AvgIpc) is 3.23. The van der Waals surface area contributed by atoms with Crippen LogP contribution in [0.15, 0.2) is 33.8 Å². The van der Waals surface area contributed by atoms with Crippen LogP contribution in [-0.4, -0.2) is 25.3 Å². The number of benzene rings is 1. The molecule has 0 aliphatic heterocycles. The Morgan fingerprint density at radius 1 is 0.900 bits per heavy atom. The standard InChI is InChI=1S/C34H52N2O3S/c1-20(2)23-17-27(21(3)4)32(28(18-23)22(5)6)40(38,39)36-35-31-12-11-29-26-10-9-24-19-25(37)13-15-33(24,7)30(26)14-16-34(29,31)8/h9,17-18,20-22,25-26,29-30,36-37H,10-16,19H2,1-8H3/b35-31-/t25-,26?,29?,30?,33-,34-/m0/s1. The van der Waals surface area contributed by atoms with E-state index in [-0.39, 0.29) is 28.8 Å². The molecule has 222 valence electrons. The SMILES string of the molecule is CC(C)c1cc(C(C)C)c(S(=O)(=O)N/N=C2/CCC3C4CC=C5C[C@@H](O)CC[C@]5(C)C4CC[C@]23C)c(C(C)C)c1. The summed E-state index contributed by atoms with van der Waals surface area (Å²) in [4.78, 5) is 3.19. The molecule has 0 radical (unpaired) electrons. The molecule has 3 fully saturated rings. The fraction of sp³-hybridized carbons (Fsp3) is 0.735. The summed E-state index contributed by atoms with van der Waals surface area (Å²) in [5.74, 6) is 2.29. The molecule has 0 spiro atoms. The Balaban J connectivity index is 1.44. The van der Waals surface area contributed by atoms with Crippen LogP contribution in [0.2, 0.25) is 0 Å². The number of sulfonamides is 1. The fourth-order valence-corrected chi connectivity index (χ4v) is 10.5. The highest BCUT2D eigenvalue weighted by Crippen LogP contribution is 2.64. The molecule has 6 heteroatoms.